The van der Waals surface area contributed by atoms with Crippen LogP contribution in [0.25, 0.3) is 5.65 Å². The molecule has 0 bridgehead atoms. The van der Waals surface area contributed by atoms with Gasteiger partial charge in [-0.25, -0.2) is 13.9 Å². The van der Waals surface area contributed by atoms with Gasteiger partial charge in [-0.3, -0.25) is 9.78 Å². The Labute approximate surface area is 173 Å². The Morgan fingerprint density at radius 3 is 2.83 bits per heavy atom. The quantitative estimate of drug-likeness (QED) is 0.565. The predicted molar refractivity (Wildman–Crippen MR) is 112 cm³/mol. The Morgan fingerprint density at radius 1 is 1.13 bits per heavy atom. The first-order valence-electron chi connectivity index (χ1n) is 9.71. The molecule has 0 radical (unpaired) electrons. The van der Waals surface area contributed by atoms with E-state index in [1.807, 2.05) is 18.2 Å². The molecule has 4 heterocycles. The highest BCUT2D eigenvalue weighted by Gasteiger charge is 2.35. The minimum Gasteiger partial charge on any atom is -0.347 e. The molecular formula is C22H21FN6O. The monoisotopic (exact) mass is 404 g/mol. The molecule has 8 heteroatoms. The van der Waals surface area contributed by atoms with Gasteiger partial charge in [-0.1, -0.05) is 12.1 Å². The highest BCUT2D eigenvalue weighted by molar-refractivity contribution is 5.94. The smallest absolute Gasteiger partial charge is 0.251 e. The highest BCUT2D eigenvalue weighted by atomic mass is 19.1. The second-order valence-corrected chi connectivity index (χ2v) is 7.29. The molecule has 152 valence electrons. The van der Waals surface area contributed by atoms with E-state index in [4.69, 9.17) is 0 Å². The van der Waals surface area contributed by atoms with Crippen molar-refractivity contribution in [2.45, 2.75) is 18.5 Å². The third-order valence-electron chi connectivity index (χ3n) is 5.35. The van der Waals surface area contributed by atoms with Crippen LogP contribution in [0.1, 0.15) is 29.8 Å². The number of fused-ring (bicyclic) bond motifs is 1. The van der Waals surface area contributed by atoms with Gasteiger partial charge >= 0.3 is 0 Å². The fourth-order valence-corrected chi connectivity index (χ4v) is 3.95. The van der Waals surface area contributed by atoms with Crippen molar-refractivity contribution in [2.24, 2.45) is 0 Å². The molecule has 1 aliphatic heterocycles. The first kappa shape index (κ1) is 18.2. The maximum atomic E-state index is 13.9. The van der Waals surface area contributed by atoms with Gasteiger partial charge in [-0.15, -0.1) is 5.10 Å². The summed E-state index contributed by atoms with van der Waals surface area (Å²) in [7, 11) is 0. The molecule has 5 rings (SSSR count). The molecule has 30 heavy (non-hydrogen) atoms. The molecule has 1 aliphatic rings. The maximum Gasteiger partial charge on any atom is 0.251 e. The summed E-state index contributed by atoms with van der Waals surface area (Å²) in [5.74, 6) is 0.311. The van der Waals surface area contributed by atoms with Gasteiger partial charge in [-0.2, -0.15) is 0 Å². The van der Waals surface area contributed by atoms with E-state index in [0.29, 0.717) is 18.5 Å². The van der Waals surface area contributed by atoms with E-state index in [9.17, 15) is 9.18 Å². The topological polar surface area (TPSA) is 75.4 Å². The minimum atomic E-state index is -0.283. The third kappa shape index (κ3) is 3.47. The molecule has 1 saturated heterocycles. The summed E-state index contributed by atoms with van der Waals surface area (Å²) in [4.78, 5) is 22.9. The van der Waals surface area contributed by atoms with E-state index in [1.165, 1.54) is 6.07 Å². The van der Waals surface area contributed by atoms with Crippen LogP contribution in [-0.2, 0) is 0 Å². The Bertz CT molecular complexity index is 1200. The number of pyridine rings is 1. The van der Waals surface area contributed by atoms with Crippen LogP contribution in [0.4, 0.5) is 10.2 Å². The van der Waals surface area contributed by atoms with Crippen molar-refractivity contribution in [2.75, 3.05) is 11.4 Å². The summed E-state index contributed by atoms with van der Waals surface area (Å²) in [6, 6.07) is 13.5. The van der Waals surface area contributed by atoms with Crippen molar-refractivity contribution >= 4 is 17.4 Å². The first-order chi connectivity index (χ1) is 14.7. The number of imidazole rings is 1. The van der Waals surface area contributed by atoms with E-state index in [2.05, 4.69) is 25.3 Å². The number of nitrogens with zero attached hydrogens (tertiary/aromatic N) is 5. The van der Waals surface area contributed by atoms with Gasteiger partial charge in [0, 0.05) is 44.4 Å². The summed E-state index contributed by atoms with van der Waals surface area (Å²) >= 11 is 0. The van der Waals surface area contributed by atoms with Crippen LogP contribution in [0.2, 0.25) is 0 Å². The summed E-state index contributed by atoms with van der Waals surface area (Å²) < 4.78 is 15.6. The van der Waals surface area contributed by atoms with E-state index >= 15 is 0 Å². The summed E-state index contributed by atoms with van der Waals surface area (Å²) in [5, 5.41) is 7.74. The largest absolute Gasteiger partial charge is 0.347 e. The Hall–Kier alpha value is -3.81. The zero-order chi connectivity index (χ0) is 20.5. The molecular weight excluding hydrogens is 383 g/mol. The van der Waals surface area contributed by atoms with Gasteiger partial charge in [0.15, 0.2) is 5.65 Å². The molecule has 0 spiro atoms. The Kier molecular flexibility index (Phi) is 4.59. The average molecular weight is 404 g/mol. The predicted octanol–water partition coefficient (Wildman–Crippen LogP) is 3.26. The lowest BCUT2D eigenvalue weighted by Crippen LogP contribution is -2.37. The van der Waals surface area contributed by atoms with Gasteiger partial charge in [0.25, 0.3) is 5.91 Å². The number of anilines is 1. The van der Waals surface area contributed by atoms with Gasteiger partial charge in [0.05, 0.1) is 6.04 Å². The summed E-state index contributed by atoms with van der Waals surface area (Å²) in [6.07, 6.45) is 7.31. The molecule has 3 aromatic heterocycles. The molecule has 2 atom stereocenters. The van der Waals surface area contributed by atoms with Gasteiger partial charge in [0.1, 0.15) is 11.6 Å². The molecule has 1 N–H and O–H groups in total. The van der Waals surface area contributed by atoms with Crippen molar-refractivity contribution < 1.29 is 10.6 Å². The van der Waals surface area contributed by atoms with Gasteiger partial charge in [-0.05, 0) is 48.4 Å². The SMILES string of the molecule is O=C(NC1C[C@H](c2cccc(F)c2)N(c2ccc3nccn3n2)C1)c1ccncc1.[HH]. The fourth-order valence-electron chi connectivity index (χ4n) is 3.95. The molecule has 0 aliphatic carbocycles. The number of carbonyl (C=O) groups excluding carboxylic acids is 1. The Balaban J connectivity index is 0.00000231. The lowest BCUT2D eigenvalue weighted by Gasteiger charge is -2.25. The average Bonchev–Trinajstić information content (AvgIpc) is 3.40. The zero-order valence-corrected chi connectivity index (χ0v) is 16.0. The molecule has 1 fully saturated rings. The number of nitrogens with one attached hydrogen (secondary N) is 1. The summed E-state index contributed by atoms with van der Waals surface area (Å²) in [6.45, 7) is 0.561. The van der Waals surface area contributed by atoms with Crippen molar-refractivity contribution in [1.82, 2.24) is 24.9 Å². The van der Waals surface area contributed by atoms with Crippen LogP contribution in [0.5, 0.6) is 0 Å². The molecule has 7 nitrogen and oxygen atoms in total. The maximum absolute atomic E-state index is 13.9. The van der Waals surface area contributed by atoms with Crippen molar-refractivity contribution in [3.63, 3.8) is 0 Å². The van der Waals surface area contributed by atoms with Crippen molar-refractivity contribution in [3.05, 3.63) is 90.3 Å². The van der Waals surface area contributed by atoms with Crippen LogP contribution in [0.3, 0.4) is 0 Å². The van der Waals surface area contributed by atoms with Crippen LogP contribution < -0.4 is 10.2 Å². The lowest BCUT2D eigenvalue weighted by molar-refractivity contribution is 0.0939. The molecule has 1 aromatic carbocycles. The normalized spacial score (nSPS) is 18.6. The van der Waals surface area contributed by atoms with Gasteiger partial charge < -0.3 is 10.2 Å². The number of rotatable bonds is 4. The number of hydrogen-bond acceptors (Lipinski definition) is 5. The first-order valence-corrected chi connectivity index (χ1v) is 9.71. The number of aromatic nitrogens is 4. The van der Waals surface area contributed by atoms with Crippen LogP contribution in [0.15, 0.2) is 73.3 Å². The molecule has 0 saturated carbocycles. The highest BCUT2D eigenvalue weighted by Crippen LogP contribution is 2.35. The minimum absolute atomic E-state index is 0. The number of hydrogen-bond donors (Lipinski definition) is 1. The van der Waals surface area contributed by atoms with Crippen molar-refractivity contribution in [1.29, 1.82) is 0 Å². The zero-order valence-electron chi connectivity index (χ0n) is 16.0. The summed E-state index contributed by atoms with van der Waals surface area (Å²) in [5.41, 5.74) is 2.16. The number of halogens is 1. The fraction of sp³-hybridized carbons (Fsp3) is 0.182. The van der Waals surface area contributed by atoms with Crippen LogP contribution in [0, 0.1) is 5.82 Å². The third-order valence-corrected chi connectivity index (χ3v) is 5.35. The van der Waals surface area contributed by atoms with E-state index in [1.54, 1.807) is 53.6 Å². The second kappa shape index (κ2) is 7.55. The number of amides is 1. The molecule has 4 aromatic rings. The van der Waals surface area contributed by atoms with Crippen LogP contribution in [-0.4, -0.2) is 38.1 Å². The lowest BCUT2D eigenvalue weighted by atomic mass is 10.0. The van der Waals surface area contributed by atoms with Crippen molar-refractivity contribution in [3.8, 4) is 0 Å². The second-order valence-electron chi connectivity index (χ2n) is 7.29. The van der Waals surface area contributed by atoms with E-state index < -0.39 is 0 Å². The van der Waals surface area contributed by atoms with E-state index in [-0.39, 0.29) is 25.2 Å². The van der Waals surface area contributed by atoms with Gasteiger partial charge in [0.2, 0.25) is 0 Å². The van der Waals surface area contributed by atoms with E-state index in [0.717, 1.165) is 17.0 Å². The standard InChI is InChI=1S/C22H19FN6O.H2/c23-17-3-1-2-16(12-17)19-13-18(26-22(30)15-6-8-24-9-7-15)14-28(19)21-5-4-20-25-10-11-29(20)27-21;/h1-12,18-19H,13-14H2,(H,26,30);1H/t18?,19-;/m1./s1. The Morgan fingerprint density at radius 2 is 2.00 bits per heavy atom. The van der Waals surface area contributed by atoms with Crippen LogP contribution >= 0.6 is 0 Å². The number of benzene rings is 1. The molecule has 1 unspecified atom stereocenters. The number of carbonyl (C=O) groups is 1. The molecule has 1 amide bonds.